The van der Waals surface area contributed by atoms with Crippen molar-refractivity contribution in [3.63, 3.8) is 0 Å². The fraction of sp³-hybridized carbons (Fsp3) is 0.464. The summed E-state index contributed by atoms with van der Waals surface area (Å²) in [6, 6.07) is 16.4. The Kier molecular flexibility index (Phi) is 6.26. The number of nitrogens with zero attached hydrogens (tertiary/aromatic N) is 1. The van der Waals surface area contributed by atoms with Gasteiger partial charge in [-0.25, -0.2) is 4.79 Å². The van der Waals surface area contributed by atoms with Crippen LogP contribution in [0.2, 0.25) is 0 Å². The van der Waals surface area contributed by atoms with Crippen molar-refractivity contribution in [2.75, 3.05) is 19.7 Å². The molecule has 7 nitrogen and oxygen atoms in total. The second-order valence-corrected chi connectivity index (χ2v) is 10.4. The van der Waals surface area contributed by atoms with E-state index in [1.165, 1.54) is 22.3 Å². The first-order valence-electron chi connectivity index (χ1n) is 12.5. The lowest BCUT2D eigenvalue weighted by atomic mass is 9.80. The predicted octanol–water partition coefficient (Wildman–Crippen LogP) is 4.41. The molecule has 3 aliphatic rings. The number of piperidine rings is 1. The summed E-state index contributed by atoms with van der Waals surface area (Å²) in [6.45, 7) is 2.97. The summed E-state index contributed by atoms with van der Waals surface area (Å²) in [5, 5.41) is 12.4. The van der Waals surface area contributed by atoms with Gasteiger partial charge in [0.1, 0.15) is 6.61 Å². The Morgan fingerprint density at radius 3 is 2.20 bits per heavy atom. The van der Waals surface area contributed by atoms with E-state index in [0.29, 0.717) is 32.4 Å². The van der Waals surface area contributed by atoms with Gasteiger partial charge in [0.2, 0.25) is 5.91 Å². The van der Waals surface area contributed by atoms with Gasteiger partial charge >= 0.3 is 12.1 Å². The number of hydrogen-bond acceptors (Lipinski definition) is 4. The lowest BCUT2D eigenvalue weighted by Crippen LogP contribution is -2.47. The summed E-state index contributed by atoms with van der Waals surface area (Å²) < 4.78 is 5.66. The zero-order valence-corrected chi connectivity index (χ0v) is 20.0. The minimum absolute atomic E-state index is 0.0154. The Hall–Kier alpha value is -3.35. The van der Waals surface area contributed by atoms with Gasteiger partial charge in [-0.05, 0) is 61.3 Å². The van der Waals surface area contributed by atoms with Crippen LogP contribution >= 0.6 is 0 Å². The van der Waals surface area contributed by atoms with Gasteiger partial charge in [-0.3, -0.25) is 9.59 Å². The fourth-order valence-corrected chi connectivity index (χ4v) is 5.84. The molecule has 2 amide bonds. The first kappa shape index (κ1) is 23.4. The number of fused-ring (bicyclic) bond motifs is 3. The van der Waals surface area contributed by atoms with Crippen LogP contribution in [0.15, 0.2) is 48.5 Å². The largest absolute Gasteiger partial charge is 0.481 e. The van der Waals surface area contributed by atoms with Crippen LogP contribution in [-0.4, -0.2) is 53.7 Å². The number of alkyl carbamates (subject to hydrolysis) is 1. The van der Waals surface area contributed by atoms with Gasteiger partial charge in [0.05, 0.1) is 5.41 Å². The standard InChI is InChI=1S/C28H32N2O5/c1-28(26(32)33)12-14-30(15-13-28)25(31)18-10-11-19(16-18)29-27(34)35-17-24-22-8-4-2-6-20(22)21-7-3-5-9-23(21)24/h2-9,18-19,24H,10-17H2,1H3,(H,29,34)(H,32,33)/t18-,19+/m0/s1. The number of nitrogens with one attached hydrogen (secondary N) is 1. The molecule has 2 fully saturated rings. The Bertz CT molecular complexity index is 1090. The number of carboxylic acids is 1. The third kappa shape index (κ3) is 4.51. The van der Waals surface area contributed by atoms with Crippen LogP contribution < -0.4 is 5.32 Å². The van der Waals surface area contributed by atoms with Crippen LogP contribution in [0.25, 0.3) is 11.1 Å². The van der Waals surface area contributed by atoms with E-state index in [1.54, 1.807) is 11.8 Å². The van der Waals surface area contributed by atoms with Crippen LogP contribution in [0.1, 0.15) is 56.1 Å². The van der Waals surface area contributed by atoms with Gasteiger partial charge < -0.3 is 20.1 Å². The van der Waals surface area contributed by atoms with E-state index in [-0.39, 0.29) is 30.4 Å². The molecule has 7 heteroatoms. The molecule has 1 heterocycles. The van der Waals surface area contributed by atoms with E-state index in [0.717, 1.165) is 12.8 Å². The number of hydrogen-bond donors (Lipinski definition) is 2. The molecule has 2 aromatic carbocycles. The maximum Gasteiger partial charge on any atom is 0.407 e. The Morgan fingerprint density at radius 1 is 1.00 bits per heavy atom. The molecule has 2 N–H and O–H groups in total. The SMILES string of the molecule is CC1(C(=O)O)CCN(C(=O)[C@H]2CC[C@@H](NC(=O)OCC3c4ccccc4-c4ccccc43)C2)CC1. The van der Waals surface area contributed by atoms with Crippen molar-refractivity contribution in [1.82, 2.24) is 10.2 Å². The quantitative estimate of drug-likeness (QED) is 0.667. The third-order valence-corrected chi connectivity index (χ3v) is 8.14. The van der Waals surface area contributed by atoms with Crippen LogP contribution in [0, 0.1) is 11.3 Å². The number of ether oxygens (including phenoxy) is 1. The van der Waals surface area contributed by atoms with E-state index >= 15 is 0 Å². The summed E-state index contributed by atoms with van der Waals surface area (Å²) in [4.78, 5) is 38.8. The number of carboxylic acid groups (broad SMARTS) is 1. The van der Waals surface area contributed by atoms with Gasteiger partial charge in [0.25, 0.3) is 0 Å². The number of aliphatic carboxylic acids is 1. The highest BCUT2D eigenvalue weighted by Crippen LogP contribution is 2.44. The van der Waals surface area contributed by atoms with Crippen molar-refractivity contribution in [2.45, 2.75) is 51.0 Å². The molecule has 1 saturated carbocycles. The first-order valence-corrected chi connectivity index (χ1v) is 12.5. The number of carbonyl (C=O) groups excluding carboxylic acids is 2. The minimum atomic E-state index is -0.794. The molecule has 5 rings (SSSR count). The van der Waals surface area contributed by atoms with E-state index in [4.69, 9.17) is 4.74 Å². The normalized spacial score (nSPS) is 22.8. The zero-order valence-electron chi connectivity index (χ0n) is 20.0. The van der Waals surface area contributed by atoms with Crippen molar-refractivity contribution < 1.29 is 24.2 Å². The lowest BCUT2D eigenvalue weighted by molar-refractivity contribution is -0.153. The average Bonchev–Trinajstić information content (AvgIpc) is 3.45. The van der Waals surface area contributed by atoms with Crippen molar-refractivity contribution in [2.24, 2.45) is 11.3 Å². The van der Waals surface area contributed by atoms with Gasteiger partial charge in [0.15, 0.2) is 0 Å². The van der Waals surface area contributed by atoms with E-state index in [9.17, 15) is 19.5 Å². The summed E-state index contributed by atoms with van der Waals surface area (Å²) in [5.41, 5.74) is 3.98. The molecule has 0 radical (unpaired) electrons. The monoisotopic (exact) mass is 476 g/mol. The van der Waals surface area contributed by atoms with E-state index in [1.807, 2.05) is 24.3 Å². The molecule has 0 aromatic heterocycles. The van der Waals surface area contributed by atoms with Crippen LogP contribution in [0.5, 0.6) is 0 Å². The number of likely N-dealkylation sites (tertiary alicyclic amines) is 1. The average molecular weight is 477 g/mol. The lowest BCUT2D eigenvalue weighted by Gasteiger charge is -2.37. The van der Waals surface area contributed by atoms with Crippen molar-refractivity contribution in [3.05, 3.63) is 59.7 Å². The van der Waals surface area contributed by atoms with Gasteiger partial charge in [0, 0.05) is 31.0 Å². The number of amides is 2. The Balaban J connectivity index is 1.12. The molecule has 2 aliphatic carbocycles. The molecule has 1 aliphatic heterocycles. The summed E-state index contributed by atoms with van der Waals surface area (Å²) in [7, 11) is 0. The van der Waals surface area contributed by atoms with Crippen molar-refractivity contribution in [1.29, 1.82) is 0 Å². The number of rotatable bonds is 5. The molecule has 0 bridgehead atoms. The second kappa shape index (κ2) is 9.36. The Labute approximate surface area is 205 Å². The number of carbonyl (C=O) groups is 3. The molecular formula is C28H32N2O5. The fourth-order valence-electron chi connectivity index (χ4n) is 5.84. The van der Waals surface area contributed by atoms with Crippen molar-refractivity contribution >= 4 is 18.0 Å². The topological polar surface area (TPSA) is 95.9 Å². The predicted molar refractivity (Wildman–Crippen MR) is 131 cm³/mol. The smallest absolute Gasteiger partial charge is 0.407 e. The molecular weight excluding hydrogens is 444 g/mol. The Morgan fingerprint density at radius 2 is 1.60 bits per heavy atom. The maximum absolute atomic E-state index is 13.0. The number of benzene rings is 2. The van der Waals surface area contributed by atoms with Crippen LogP contribution in [0.4, 0.5) is 4.79 Å². The molecule has 0 spiro atoms. The molecule has 35 heavy (non-hydrogen) atoms. The van der Waals surface area contributed by atoms with E-state index in [2.05, 4.69) is 29.6 Å². The zero-order chi connectivity index (χ0) is 24.6. The summed E-state index contributed by atoms with van der Waals surface area (Å²) in [6.07, 6.45) is 2.56. The van der Waals surface area contributed by atoms with Gasteiger partial charge in [-0.2, -0.15) is 0 Å². The van der Waals surface area contributed by atoms with Gasteiger partial charge in [-0.1, -0.05) is 48.5 Å². The molecule has 2 aromatic rings. The first-order chi connectivity index (χ1) is 16.9. The van der Waals surface area contributed by atoms with Crippen LogP contribution in [-0.2, 0) is 14.3 Å². The maximum atomic E-state index is 13.0. The molecule has 1 saturated heterocycles. The third-order valence-electron chi connectivity index (χ3n) is 8.14. The highest BCUT2D eigenvalue weighted by molar-refractivity contribution is 5.81. The van der Waals surface area contributed by atoms with Gasteiger partial charge in [-0.15, -0.1) is 0 Å². The van der Waals surface area contributed by atoms with Crippen LogP contribution in [0.3, 0.4) is 0 Å². The highest BCUT2D eigenvalue weighted by Gasteiger charge is 2.40. The summed E-state index contributed by atoms with van der Waals surface area (Å²) in [5.74, 6) is -0.836. The molecule has 0 unspecified atom stereocenters. The summed E-state index contributed by atoms with van der Waals surface area (Å²) >= 11 is 0. The highest BCUT2D eigenvalue weighted by atomic mass is 16.5. The van der Waals surface area contributed by atoms with E-state index < -0.39 is 17.5 Å². The molecule has 2 atom stereocenters. The van der Waals surface area contributed by atoms with Crippen molar-refractivity contribution in [3.8, 4) is 11.1 Å². The minimum Gasteiger partial charge on any atom is -0.481 e. The molecule has 184 valence electrons. The second-order valence-electron chi connectivity index (χ2n) is 10.4.